The zero-order chi connectivity index (χ0) is 61.7. The number of carbonyl (C=O) groups excluding carboxylic acids is 2. The van der Waals surface area contributed by atoms with Gasteiger partial charge in [-0.2, -0.15) is 21.0 Å². The lowest BCUT2D eigenvalue weighted by Crippen LogP contribution is -2.30. The summed E-state index contributed by atoms with van der Waals surface area (Å²) in [6.07, 6.45) is 3.66. The molecule has 4 aliphatic carbocycles. The second-order valence-electron chi connectivity index (χ2n) is 23.6. The Morgan fingerprint density at radius 1 is 0.344 bits per heavy atom. The van der Waals surface area contributed by atoms with Gasteiger partial charge in [-0.15, -0.1) is 22.7 Å². The fourth-order valence-electron chi connectivity index (χ4n) is 14.4. The number of aryl methyl sites for hydroxylation is 4. The Balaban J connectivity index is 0.944. The number of allylic oxidation sites excluding steroid dienone is 6. The van der Waals surface area contributed by atoms with Crippen LogP contribution in [0, 0.1) is 73.0 Å². The largest absolute Gasteiger partial charge is 0.289 e. The SMILES string of the molecule is Cc1ccc(C2(c3ccc(C)cc3)c3cc(-c4ccc(/C=C5\C(=O)c6ccccc6C5=C(C#N)C#N)s4)ccc3-c3cc4c(cc32)-c2ccc(-c3ccc(/C=C5\C(=O)c6ccccc6C5=C(C#N)C#N)s3)cc2C4(c2ccc(C)cc2)c2ccc(C)cc2)cc1. The van der Waals surface area contributed by atoms with Crippen LogP contribution in [0.25, 0.3) is 66.4 Å². The lowest BCUT2D eigenvalue weighted by Gasteiger charge is -2.36. The van der Waals surface area contributed by atoms with Gasteiger partial charge in [-0.25, -0.2) is 0 Å². The topological polar surface area (TPSA) is 129 Å². The monoisotopic (exact) mass is 1190 g/mol. The van der Waals surface area contributed by atoms with Crippen molar-refractivity contribution in [1.82, 2.24) is 0 Å². The Hall–Kier alpha value is -11.4. The minimum atomic E-state index is -0.800. The van der Waals surface area contributed by atoms with Crippen molar-refractivity contribution in [2.75, 3.05) is 0 Å². The number of thiophene rings is 2. The van der Waals surface area contributed by atoms with Crippen molar-refractivity contribution < 1.29 is 9.59 Å². The molecule has 0 atom stereocenters. The van der Waals surface area contributed by atoms with Crippen molar-refractivity contribution in [2.45, 2.75) is 38.5 Å². The molecule has 0 N–H and O–H groups in total. The van der Waals surface area contributed by atoms with Crippen LogP contribution in [-0.2, 0) is 10.8 Å². The van der Waals surface area contributed by atoms with Gasteiger partial charge in [0.2, 0.25) is 0 Å². The van der Waals surface area contributed by atoms with E-state index in [1.807, 2.05) is 36.4 Å². The van der Waals surface area contributed by atoms with Crippen LogP contribution in [0.5, 0.6) is 0 Å². The zero-order valence-electron chi connectivity index (χ0n) is 49.4. The van der Waals surface area contributed by atoms with E-state index in [4.69, 9.17) is 0 Å². The van der Waals surface area contributed by atoms with E-state index < -0.39 is 10.8 Å². The van der Waals surface area contributed by atoms with Gasteiger partial charge in [0.15, 0.2) is 11.6 Å². The number of nitriles is 4. The molecule has 90 heavy (non-hydrogen) atoms. The molecule has 0 unspecified atom stereocenters. The summed E-state index contributed by atoms with van der Waals surface area (Å²) in [6.45, 7) is 8.52. The first-order valence-corrected chi connectivity index (χ1v) is 31.3. The first kappa shape index (κ1) is 55.2. The third-order valence-corrected chi connectivity index (χ3v) is 20.7. The maximum atomic E-state index is 14.1. The van der Waals surface area contributed by atoms with Crippen LogP contribution in [0.2, 0.25) is 0 Å². The summed E-state index contributed by atoms with van der Waals surface area (Å²) in [7, 11) is 0. The number of benzene rings is 9. The molecule has 6 nitrogen and oxygen atoms in total. The first-order chi connectivity index (χ1) is 43.9. The molecular formula is C82H50N4O2S2. The first-order valence-electron chi connectivity index (χ1n) is 29.7. The minimum Gasteiger partial charge on any atom is -0.289 e. The van der Waals surface area contributed by atoms with E-state index in [2.05, 4.69) is 210 Å². The van der Waals surface area contributed by atoms with Gasteiger partial charge < -0.3 is 0 Å². The lowest BCUT2D eigenvalue weighted by molar-refractivity contribution is 0.103. The summed E-state index contributed by atoms with van der Waals surface area (Å²) >= 11 is 3.13. The van der Waals surface area contributed by atoms with Gasteiger partial charge in [0.25, 0.3) is 0 Å². The highest BCUT2D eigenvalue weighted by Gasteiger charge is 2.52. The predicted molar refractivity (Wildman–Crippen MR) is 360 cm³/mol. The van der Waals surface area contributed by atoms with E-state index in [-0.39, 0.29) is 22.7 Å². The fourth-order valence-corrected chi connectivity index (χ4v) is 16.3. The standard InChI is InChI=1S/C82H50N4O2S2/c1-47-13-23-55(24-14-47)81(56-25-15-48(2)16-26-56)71-37-51(75-35-31-59(89-75)39-69-77(53(43-83)44-84)63-9-5-7-11-65(63)79(69)87)21-33-61(71)67-42-74-68(41-73(67)81)62-34-22-52(38-72(62)82(74,57-27-17-49(3)18-28-57)58-29-19-50(4)20-30-58)76-36-32-60(90-76)40-70-78(54(45-85)46-86)64-10-6-8-12-66(64)80(70)88/h5-42H,1-4H3/b69-39-,70-40-. The molecular weight excluding hydrogens is 1140 g/mol. The van der Waals surface area contributed by atoms with Gasteiger partial charge in [0.1, 0.15) is 35.4 Å². The van der Waals surface area contributed by atoms with Crippen LogP contribution in [-0.4, -0.2) is 11.6 Å². The highest BCUT2D eigenvalue weighted by molar-refractivity contribution is 7.16. The second kappa shape index (κ2) is 21.2. The van der Waals surface area contributed by atoms with E-state index in [0.717, 1.165) is 109 Å². The Kier molecular flexibility index (Phi) is 13.0. The molecule has 0 aliphatic heterocycles. The Morgan fingerprint density at radius 3 is 0.978 bits per heavy atom. The zero-order valence-corrected chi connectivity index (χ0v) is 51.0. The maximum absolute atomic E-state index is 14.1. The van der Waals surface area contributed by atoms with Crippen LogP contribution >= 0.6 is 22.7 Å². The predicted octanol–water partition coefficient (Wildman–Crippen LogP) is 19.3. The summed E-state index contributed by atoms with van der Waals surface area (Å²) in [5.41, 5.74) is 22.1. The average Bonchev–Trinajstić information content (AvgIpc) is 1.51. The molecule has 4 aliphatic rings. The van der Waals surface area contributed by atoms with Crippen LogP contribution in [0.15, 0.2) is 241 Å². The van der Waals surface area contributed by atoms with Crippen molar-refractivity contribution in [3.8, 4) is 67.4 Å². The van der Waals surface area contributed by atoms with Crippen molar-refractivity contribution >= 4 is 57.5 Å². The summed E-state index contributed by atoms with van der Waals surface area (Å²) in [6, 6.07) is 85.6. The third kappa shape index (κ3) is 8.24. The quantitative estimate of drug-likeness (QED) is 0.110. The van der Waals surface area contributed by atoms with Gasteiger partial charge in [-0.05, 0) is 177 Å². The number of rotatable bonds is 8. The number of hydrogen-bond acceptors (Lipinski definition) is 8. The number of nitrogens with zero attached hydrogens (tertiary/aromatic N) is 4. The summed E-state index contributed by atoms with van der Waals surface area (Å²) in [5, 5.41) is 40.4. The van der Waals surface area contributed by atoms with Crippen LogP contribution in [0.1, 0.15) is 108 Å². The van der Waals surface area contributed by atoms with Crippen LogP contribution in [0.3, 0.4) is 0 Å². The van der Waals surface area contributed by atoms with E-state index in [9.17, 15) is 30.6 Å². The summed E-state index contributed by atoms with van der Waals surface area (Å²) < 4.78 is 0. The molecule has 0 spiro atoms. The number of fused-ring (bicyclic) bond motifs is 8. The van der Waals surface area contributed by atoms with Crippen molar-refractivity contribution in [3.05, 3.63) is 339 Å². The van der Waals surface area contributed by atoms with Crippen LogP contribution < -0.4 is 0 Å². The fraction of sp³-hybridized carbons (Fsp3) is 0.0732. The van der Waals surface area contributed by atoms with Gasteiger partial charge in [0.05, 0.1) is 10.8 Å². The molecule has 9 aromatic carbocycles. The van der Waals surface area contributed by atoms with Gasteiger partial charge >= 0.3 is 0 Å². The van der Waals surface area contributed by atoms with E-state index in [1.54, 1.807) is 59.1 Å². The highest BCUT2D eigenvalue weighted by Crippen LogP contribution is 2.64. The molecule has 0 fully saturated rings. The molecule has 0 radical (unpaired) electrons. The molecule has 0 saturated carbocycles. The van der Waals surface area contributed by atoms with Gasteiger partial charge in [-0.3, -0.25) is 9.59 Å². The molecule has 2 aromatic heterocycles. The summed E-state index contributed by atoms with van der Waals surface area (Å²) in [5.74, 6) is -0.422. The molecule has 0 saturated heterocycles. The van der Waals surface area contributed by atoms with Gasteiger partial charge in [0, 0.05) is 52.9 Å². The molecule has 8 heteroatoms. The molecule has 422 valence electrons. The second-order valence-corrected chi connectivity index (χ2v) is 25.9. The van der Waals surface area contributed by atoms with Crippen LogP contribution in [0.4, 0.5) is 0 Å². The lowest BCUT2D eigenvalue weighted by atomic mass is 9.65. The minimum absolute atomic E-state index is 0.0936. The molecule has 2 heterocycles. The van der Waals surface area contributed by atoms with Crippen molar-refractivity contribution in [1.29, 1.82) is 21.0 Å². The Bertz CT molecular complexity index is 4830. The summed E-state index contributed by atoms with van der Waals surface area (Å²) in [4.78, 5) is 31.8. The third-order valence-electron chi connectivity index (χ3n) is 18.6. The van der Waals surface area contributed by atoms with Crippen molar-refractivity contribution in [2.24, 2.45) is 0 Å². The maximum Gasteiger partial charge on any atom is 0.194 e. The molecule has 15 rings (SSSR count). The van der Waals surface area contributed by atoms with E-state index in [1.165, 1.54) is 11.1 Å². The van der Waals surface area contributed by atoms with Gasteiger partial charge in [-0.1, -0.05) is 192 Å². The smallest absolute Gasteiger partial charge is 0.194 e. The molecule has 0 amide bonds. The van der Waals surface area contributed by atoms with Crippen molar-refractivity contribution in [3.63, 3.8) is 0 Å². The molecule has 11 aromatic rings. The number of Topliss-reactive ketones (excluding diaryl/α,β-unsaturated/α-hetero) is 2. The normalized spacial score (nSPS) is 15.1. The van der Waals surface area contributed by atoms with E-state index in [0.29, 0.717) is 44.5 Å². The average molecular weight is 1190 g/mol. The number of ketones is 2. The Labute approximate surface area is 530 Å². The van der Waals surface area contributed by atoms with E-state index >= 15 is 0 Å². The Morgan fingerprint density at radius 2 is 0.656 bits per heavy atom. The molecule has 0 bridgehead atoms. The number of carbonyl (C=O) groups is 2. The highest BCUT2D eigenvalue weighted by atomic mass is 32.1. The number of hydrogen-bond donors (Lipinski definition) is 0.